The molecule has 0 saturated heterocycles. The van der Waals surface area contributed by atoms with E-state index >= 15 is 0 Å². The molecule has 0 bridgehead atoms. The van der Waals surface area contributed by atoms with E-state index in [0.29, 0.717) is 6.04 Å². The third-order valence-corrected chi connectivity index (χ3v) is 5.43. The lowest BCUT2D eigenvalue weighted by Gasteiger charge is -2.17. The van der Waals surface area contributed by atoms with Gasteiger partial charge in [-0.3, -0.25) is 0 Å². The van der Waals surface area contributed by atoms with Crippen LogP contribution in [0.15, 0.2) is 36.4 Å². The molecule has 2 aromatic rings. The van der Waals surface area contributed by atoms with Gasteiger partial charge in [-0.15, -0.1) is 11.3 Å². The van der Waals surface area contributed by atoms with Crippen molar-refractivity contribution in [2.24, 2.45) is 0 Å². The van der Waals surface area contributed by atoms with Gasteiger partial charge in [-0.1, -0.05) is 50.6 Å². The van der Waals surface area contributed by atoms with E-state index in [-0.39, 0.29) is 5.41 Å². The summed E-state index contributed by atoms with van der Waals surface area (Å²) in [5.41, 5.74) is 1.41. The second-order valence-electron chi connectivity index (χ2n) is 6.09. The number of likely N-dealkylation sites (N-methyl/N-ethyl adjacent to an activating group) is 1. The molecule has 0 aliphatic heterocycles. The van der Waals surface area contributed by atoms with Crippen molar-refractivity contribution in [2.45, 2.75) is 38.6 Å². The van der Waals surface area contributed by atoms with Crippen LogP contribution in [0.25, 0.3) is 0 Å². The Kier molecular flexibility index (Phi) is 4.90. The number of hydrogen-bond donors (Lipinski definition) is 1. The molecule has 0 fully saturated rings. The standard InChI is InChI=1S/C17H22ClNS/c1-17(2,3)16-10-9-15(20-16)14(19-4)11-12-7-5-6-8-13(12)18/h5-10,14,19H,11H2,1-4H3. The van der Waals surface area contributed by atoms with Crippen molar-refractivity contribution in [1.82, 2.24) is 5.32 Å². The number of hydrogen-bond acceptors (Lipinski definition) is 2. The Morgan fingerprint density at radius 1 is 1.15 bits per heavy atom. The van der Waals surface area contributed by atoms with Crippen molar-refractivity contribution in [3.8, 4) is 0 Å². The van der Waals surface area contributed by atoms with Gasteiger partial charge in [-0.25, -0.2) is 0 Å². The van der Waals surface area contributed by atoms with Crippen LogP contribution in [-0.4, -0.2) is 7.05 Å². The zero-order valence-corrected chi connectivity index (χ0v) is 14.1. The molecule has 1 atom stereocenters. The lowest BCUT2D eigenvalue weighted by atomic mass is 9.95. The molecule has 1 N–H and O–H groups in total. The Hall–Kier alpha value is -0.830. The summed E-state index contributed by atoms with van der Waals surface area (Å²) in [6.45, 7) is 6.77. The summed E-state index contributed by atoms with van der Waals surface area (Å²) in [4.78, 5) is 2.80. The van der Waals surface area contributed by atoms with Crippen LogP contribution in [0.2, 0.25) is 5.02 Å². The second kappa shape index (κ2) is 6.30. The molecule has 1 aromatic heterocycles. The van der Waals surface area contributed by atoms with Crippen LogP contribution in [0.1, 0.15) is 42.1 Å². The molecular weight excluding hydrogens is 286 g/mol. The summed E-state index contributed by atoms with van der Waals surface area (Å²) in [5.74, 6) is 0. The molecule has 1 nitrogen and oxygen atoms in total. The van der Waals surface area contributed by atoms with E-state index < -0.39 is 0 Å². The van der Waals surface area contributed by atoms with Crippen LogP contribution in [0.4, 0.5) is 0 Å². The number of thiophene rings is 1. The van der Waals surface area contributed by atoms with Crippen molar-refractivity contribution in [1.29, 1.82) is 0 Å². The maximum Gasteiger partial charge on any atom is 0.0453 e. The van der Waals surface area contributed by atoms with Crippen molar-refractivity contribution < 1.29 is 0 Å². The Labute approximate surface area is 131 Å². The number of benzene rings is 1. The average molecular weight is 308 g/mol. The molecule has 1 aromatic carbocycles. The van der Waals surface area contributed by atoms with Gasteiger partial charge < -0.3 is 5.32 Å². The minimum atomic E-state index is 0.214. The number of rotatable bonds is 4. The Morgan fingerprint density at radius 2 is 1.85 bits per heavy atom. The molecule has 0 spiro atoms. The first-order chi connectivity index (χ1) is 9.41. The molecule has 1 heterocycles. The molecule has 0 saturated carbocycles. The molecular formula is C17H22ClNS. The maximum atomic E-state index is 6.27. The molecule has 3 heteroatoms. The Bertz CT molecular complexity index is 568. The summed E-state index contributed by atoms with van der Waals surface area (Å²) < 4.78 is 0. The van der Waals surface area contributed by atoms with Gasteiger partial charge in [-0.05, 0) is 42.6 Å². The largest absolute Gasteiger partial charge is 0.312 e. The summed E-state index contributed by atoms with van der Waals surface area (Å²) >= 11 is 8.16. The highest BCUT2D eigenvalue weighted by Crippen LogP contribution is 2.34. The molecule has 2 rings (SSSR count). The highest BCUT2D eigenvalue weighted by Gasteiger charge is 2.19. The second-order valence-corrected chi connectivity index (χ2v) is 7.61. The monoisotopic (exact) mass is 307 g/mol. The predicted octanol–water partition coefficient (Wildman–Crippen LogP) is 5.20. The van der Waals surface area contributed by atoms with Crippen molar-refractivity contribution >= 4 is 22.9 Å². The molecule has 0 aliphatic carbocycles. The lowest BCUT2D eigenvalue weighted by Crippen LogP contribution is -2.18. The zero-order chi connectivity index (χ0) is 14.8. The highest BCUT2D eigenvalue weighted by atomic mass is 35.5. The van der Waals surface area contributed by atoms with Crippen molar-refractivity contribution in [2.75, 3.05) is 7.05 Å². The summed E-state index contributed by atoms with van der Waals surface area (Å²) in [7, 11) is 2.01. The summed E-state index contributed by atoms with van der Waals surface area (Å²) in [5, 5.41) is 4.26. The zero-order valence-electron chi connectivity index (χ0n) is 12.5. The van der Waals surface area contributed by atoms with Gasteiger partial charge in [0, 0.05) is 20.8 Å². The van der Waals surface area contributed by atoms with E-state index in [2.05, 4.69) is 44.3 Å². The third-order valence-electron chi connectivity index (χ3n) is 3.44. The van der Waals surface area contributed by atoms with Gasteiger partial charge in [0.1, 0.15) is 0 Å². The van der Waals surface area contributed by atoms with E-state index in [0.717, 1.165) is 11.4 Å². The fourth-order valence-electron chi connectivity index (χ4n) is 2.17. The normalized spacial score (nSPS) is 13.4. The van der Waals surface area contributed by atoms with Gasteiger partial charge in [0.25, 0.3) is 0 Å². The van der Waals surface area contributed by atoms with E-state index in [1.165, 1.54) is 15.3 Å². The first-order valence-corrected chi connectivity index (χ1v) is 8.12. The van der Waals surface area contributed by atoms with Crippen LogP contribution in [0, 0.1) is 0 Å². The lowest BCUT2D eigenvalue weighted by molar-refractivity contribution is 0.601. The average Bonchev–Trinajstić information content (AvgIpc) is 2.87. The van der Waals surface area contributed by atoms with Gasteiger partial charge in [0.2, 0.25) is 0 Å². The van der Waals surface area contributed by atoms with Crippen LogP contribution >= 0.6 is 22.9 Å². The van der Waals surface area contributed by atoms with Crippen LogP contribution in [-0.2, 0) is 11.8 Å². The Morgan fingerprint density at radius 3 is 2.40 bits per heavy atom. The summed E-state index contributed by atoms with van der Waals surface area (Å²) in [6, 6.07) is 12.9. The number of nitrogens with one attached hydrogen (secondary N) is 1. The van der Waals surface area contributed by atoms with Crippen molar-refractivity contribution in [3.05, 3.63) is 56.7 Å². The van der Waals surface area contributed by atoms with Gasteiger partial charge in [-0.2, -0.15) is 0 Å². The summed E-state index contributed by atoms with van der Waals surface area (Å²) in [6.07, 6.45) is 0.917. The molecule has 0 aliphatic rings. The van der Waals surface area contributed by atoms with Gasteiger partial charge >= 0.3 is 0 Å². The fourth-order valence-corrected chi connectivity index (χ4v) is 3.56. The molecule has 20 heavy (non-hydrogen) atoms. The number of halogens is 1. The van der Waals surface area contributed by atoms with E-state index in [4.69, 9.17) is 11.6 Å². The van der Waals surface area contributed by atoms with E-state index in [9.17, 15) is 0 Å². The SMILES string of the molecule is CNC(Cc1ccccc1Cl)c1ccc(C(C)(C)C)s1. The first-order valence-electron chi connectivity index (χ1n) is 6.92. The molecule has 0 radical (unpaired) electrons. The van der Waals surface area contributed by atoms with Crippen LogP contribution in [0.3, 0.4) is 0 Å². The van der Waals surface area contributed by atoms with E-state index in [1.807, 2.05) is 36.6 Å². The highest BCUT2D eigenvalue weighted by molar-refractivity contribution is 7.12. The molecule has 108 valence electrons. The Balaban J connectivity index is 2.21. The fraction of sp³-hybridized carbons (Fsp3) is 0.412. The maximum absolute atomic E-state index is 6.27. The molecule has 0 amide bonds. The minimum Gasteiger partial charge on any atom is -0.312 e. The smallest absolute Gasteiger partial charge is 0.0453 e. The van der Waals surface area contributed by atoms with Crippen molar-refractivity contribution in [3.63, 3.8) is 0 Å². The van der Waals surface area contributed by atoms with Crippen LogP contribution in [0.5, 0.6) is 0 Å². The first kappa shape index (κ1) is 15.6. The van der Waals surface area contributed by atoms with E-state index in [1.54, 1.807) is 0 Å². The topological polar surface area (TPSA) is 12.0 Å². The quantitative estimate of drug-likeness (QED) is 0.818. The molecule has 1 unspecified atom stereocenters. The van der Waals surface area contributed by atoms with Gasteiger partial charge in [0.15, 0.2) is 0 Å². The predicted molar refractivity (Wildman–Crippen MR) is 90.0 cm³/mol. The van der Waals surface area contributed by atoms with Crippen LogP contribution < -0.4 is 5.32 Å². The third kappa shape index (κ3) is 3.63. The van der Waals surface area contributed by atoms with Gasteiger partial charge in [0.05, 0.1) is 0 Å². The minimum absolute atomic E-state index is 0.214.